The fourth-order valence-electron chi connectivity index (χ4n) is 3.43. The highest BCUT2D eigenvalue weighted by Gasteiger charge is 2.43. The first-order valence-electron chi connectivity index (χ1n) is 9.42. The largest absolute Gasteiger partial charge is 0.475 e. The highest BCUT2D eigenvalue weighted by molar-refractivity contribution is 8.02. The van der Waals surface area contributed by atoms with Crippen molar-refractivity contribution in [1.29, 1.82) is 0 Å². The Bertz CT molecular complexity index is 998. The summed E-state index contributed by atoms with van der Waals surface area (Å²) in [6, 6.07) is 4.99. The predicted molar refractivity (Wildman–Crippen MR) is 113 cm³/mol. The number of aryl methyl sites for hydroxylation is 1. The molecule has 1 aromatic heterocycles. The van der Waals surface area contributed by atoms with Crippen molar-refractivity contribution in [3.63, 3.8) is 0 Å². The molecule has 1 saturated carbocycles. The van der Waals surface area contributed by atoms with Gasteiger partial charge in [0.05, 0.1) is 17.9 Å². The highest BCUT2D eigenvalue weighted by Crippen LogP contribution is 2.52. The molecule has 2 aromatic rings. The van der Waals surface area contributed by atoms with E-state index in [4.69, 9.17) is 4.74 Å². The van der Waals surface area contributed by atoms with E-state index in [1.807, 2.05) is 19.1 Å². The number of fused-ring (bicyclic) bond motifs is 1. The van der Waals surface area contributed by atoms with Gasteiger partial charge in [-0.3, -0.25) is 9.36 Å². The number of halogens is 1. The molecule has 1 aromatic carbocycles. The fourth-order valence-corrected chi connectivity index (χ4v) is 4.45. The zero-order valence-corrected chi connectivity index (χ0v) is 16.9. The summed E-state index contributed by atoms with van der Waals surface area (Å²) in [6.45, 7) is 8.42. The van der Waals surface area contributed by atoms with Crippen LogP contribution < -0.4 is 20.3 Å². The van der Waals surface area contributed by atoms with Crippen LogP contribution in [0.4, 0.5) is 21.5 Å². The molecule has 7 heteroatoms. The van der Waals surface area contributed by atoms with Gasteiger partial charge in [0.25, 0.3) is 5.56 Å². The van der Waals surface area contributed by atoms with Crippen LogP contribution in [-0.4, -0.2) is 15.9 Å². The van der Waals surface area contributed by atoms with Crippen LogP contribution in [0.1, 0.15) is 30.4 Å². The van der Waals surface area contributed by atoms with Crippen molar-refractivity contribution in [2.24, 2.45) is 0 Å². The monoisotopic (exact) mass is 401 g/mol. The summed E-state index contributed by atoms with van der Waals surface area (Å²) in [6.07, 6.45) is 5.07. The van der Waals surface area contributed by atoms with Crippen LogP contribution in [0.25, 0.3) is 0 Å². The topological polar surface area (TPSA) is 55.3 Å². The molecule has 148 valence electrons. The first kappa shape index (κ1) is 18.9. The van der Waals surface area contributed by atoms with E-state index in [9.17, 15) is 9.18 Å². The third-order valence-corrected chi connectivity index (χ3v) is 6.60. The average Bonchev–Trinajstić information content (AvgIpc) is 3.24. The molecule has 28 heavy (non-hydrogen) atoms. The quantitative estimate of drug-likeness (QED) is 0.510. The second kappa shape index (κ2) is 7.20. The number of ether oxygens (including phenoxy) is 1. The first-order chi connectivity index (χ1) is 13.4. The van der Waals surface area contributed by atoms with Crippen molar-refractivity contribution in [3.8, 4) is 5.88 Å². The zero-order valence-electron chi connectivity index (χ0n) is 16.1. The summed E-state index contributed by atoms with van der Waals surface area (Å²) in [5.74, 6) is 0.150. The average molecular weight is 402 g/mol. The standard InChI is InChI=1S/C21H24FN3O2S/c1-4-7-21(8-9-21)28-24-18-17(23-16-6-5-13(2)12-15(16)22)14(3)19(26)25-10-11-27-20(18)25/h4-6,12,23-24H,1,7-11H2,2-3H3. The lowest BCUT2D eigenvalue weighted by Crippen LogP contribution is -2.22. The van der Waals surface area contributed by atoms with Gasteiger partial charge in [-0.2, -0.15) is 0 Å². The Morgan fingerprint density at radius 1 is 1.36 bits per heavy atom. The number of nitrogens with one attached hydrogen (secondary N) is 2. The molecule has 2 aliphatic rings. The van der Waals surface area contributed by atoms with Gasteiger partial charge in [-0.05, 0) is 62.8 Å². The Kier molecular flexibility index (Phi) is 4.87. The van der Waals surface area contributed by atoms with Gasteiger partial charge in [0, 0.05) is 10.3 Å². The summed E-state index contributed by atoms with van der Waals surface area (Å²) < 4.78 is 25.4. The molecule has 0 saturated heterocycles. The van der Waals surface area contributed by atoms with E-state index in [2.05, 4.69) is 16.6 Å². The number of allylic oxidation sites excluding steroid dienone is 1. The minimum Gasteiger partial charge on any atom is -0.475 e. The van der Waals surface area contributed by atoms with Gasteiger partial charge in [-0.25, -0.2) is 4.39 Å². The lowest BCUT2D eigenvalue weighted by atomic mass is 10.1. The third-order valence-electron chi connectivity index (χ3n) is 5.28. The first-order valence-corrected chi connectivity index (χ1v) is 10.2. The minimum absolute atomic E-state index is 0.120. The molecule has 1 aliphatic heterocycles. The second-order valence-electron chi connectivity index (χ2n) is 7.47. The summed E-state index contributed by atoms with van der Waals surface area (Å²) in [5.41, 5.74) is 2.83. The Labute approximate surface area is 168 Å². The lowest BCUT2D eigenvalue weighted by molar-refractivity contribution is 0.358. The molecule has 1 aliphatic carbocycles. The van der Waals surface area contributed by atoms with Crippen molar-refractivity contribution < 1.29 is 9.13 Å². The maximum atomic E-state index is 14.4. The molecule has 2 N–H and O–H groups in total. The summed E-state index contributed by atoms with van der Waals surface area (Å²) in [4.78, 5) is 12.8. The van der Waals surface area contributed by atoms with Crippen LogP contribution >= 0.6 is 11.9 Å². The van der Waals surface area contributed by atoms with Gasteiger partial charge in [0.2, 0.25) is 5.88 Å². The lowest BCUT2D eigenvalue weighted by Gasteiger charge is -2.21. The zero-order chi connectivity index (χ0) is 19.9. The summed E-state index contributed by atoms with van der Waals surface area (Å²) in [5, 5.41) is 3.13. The van der Waals surface area contributed by atoms with Gasteiger partial charge in [0.15, 0.2) is 0 Å². The number of aromatic nitrogens is 1. The van der Waals surface area contributed by atoms with E-state index in [-0.39, 0.29) is 16.1 Å². The van der Waals surface area contributed by atoms with Crippen LogP contribution in [0.3, 0.4) is 0 Å². The number of rotatable bonds is 7. The van der Waals surface area contributed by atoms with E-state index in [1.165, 1.54) is 6.07 Å². The van der Waals surface area contributed by atoms with Crippen LogP contribution in [0.15, 0.2) is 35.6 Å². The third kappa shape index (κ3) is 3.39. The van der Waals surface area contributed by atoms with E-state index in [1.54, 1.807) is 29.5 Å². The number of nitrogens with zero attached hydrogens (tertiary/aromatic N) is 1. The minimum atomic E-state index is -0.357. The Balaban J connectivity index is 1.74. The van der Waals surface area contributed by atoms with Crippen molar-refractivity contribution >= 4 is 29.0 Å². The van der Waals surface area contributed by atoms with E-state index < -0.39 is 0 Å². The molecular weight excluding hydrogens is 377 g/mol. The molecule has 4 rings (SSSR count). The SMILES string of the molecule is C=CCC1(SNc2c(Nc3ccc(C)cc3F)c(C)c(=O)n3c2OCC3)CC1. The Hall–Kier alpha value is -2.41. The number of pyridine rings is 1. The number of hydrogen-bond acceptors (Lipinski definition) is 5. The maximum Gasteiger partial charge on any atom is 0.258 e. The number of anilines is 3. The molecular formula is C21H24FN3O2S. The maximum absolute atomic E-state index is 14.4. The van der Waals surface area contributed by atoms with Gasteiger partial charge in [-0.1, -0.05) is 12.1 Å². The van der Waals surface area contributed by atoms with Crippen LogP contribution in [-0.2, 0) is 6.54 Å². The second-order valence-corrected chi connectivity index (χ2v) is 8.75. The molecule has 1 fully saturated rings. The van der Waals surface area contributed by atoms with Crippen LogP contribution in [0, 0.1) is 19.7 Å². The smallest absolute Gasteiger partial charge is 0.258 e. The number of hydrogen-bond donors (Lipinski definition) is 2. The van der Waals surface area contributed by atoms with Crippen molar-refractivity contribution in [1.82, 2.24) is 4.57 Å². The Morgan fingerprint density at radius 3 is 2.82 bits per heavy atom. The van der Waals surface area contributed by atoms with E-state index in [0.717, 1.165) is 24.8 Å². The van der Waals surface area contributed by atoms with Crippen LogP contribution in [0.2, 0.25) is 0 Å². The van der Waals surface area contributed by atoms with Gasteiger partial charge < -0.3 is 14.8 Å². The predicted octanol–water partition coefficient (Wildman–Crippen LogP) is 4.91. The molecule has 0 atom stereocenters. The molecule has 0 bridgehead atoms. The van der Waals surface area contributed by atoms with Crippen LogP contribution in [0.5, 0.6) is 5.88 Å². The molecule has 5 nitrogen and oxygen atoms in total. The Morgan fingerprint density at radius 2 is 2.14 bits per heavy atom. The van der Waals surface area contributed by atoms with Crippen molar-refractivity contribution in [2.75, 3.05) is 16.6 Å². The fraction of sp³-hybridized carbons (Fsp3) is 0.381. The number of benzene rings is 1. The molecule has 0 spiro atoms. The summed E-state index contributed by atoms with van der Waals surface area (Å²) >= 11 is 1.63. The molecule has 2 heterocycles. The van der Waals surface area contributed by atoms with Gasteiger partial charge in [-0.15, -0.1) is 6.58 Å². The summed E-state index contributed by atoms with van der Waals surface area (Å²) in [7, 11) is 0. The molecule has 0 amide bonds. The van der Waals surface area contributed by atoms with E-state index >= 15 is 0 Å². The van der Waals surface area contributed by atoms with Crippen molar-refractivity contribution in [3.05, 3.63) is 58.2 Å². The van der Waals surface area contributed by atoms with Gasteiger partial charge in [0.1, 0.15) is 18.1 Å². The normalized spacial score (nSPS) is 16.2. The van der Waals surface area contributed by atoms with E-state index in [0.29, 0.717) is 41.7 Å². The molecule has 0 unspecified atom stereocenters. The van der Waals surface area contributed by atoms with Crippen molar-refractivity contribution in [2.45, 2.75) is 44.4 Å². The van der Waals surface area contributed by atoms with Gasteiger partial charge >= 0.3 is 0 Å². The highest BCUT2D eigenvalue weighted by atomic mass is 32.2. The molecule has 0 radical (unpaired) electrons.